The Morgan fingerprint density at radius 2 is 2.18 bits per heavy atom. The number of hydrogen-bond acceptors (Lipinski definition) is 4. The zero-order valence-electron chi connectivity index (χ0n) is 11.6. The average molecular weight is 360 g/mol. The van der Waals surface area contributed by atoms with E-state index in [4.69, 9.17) is 27.9 Å². The fraction of sp³-hybridized carbons (Fsp3) is 0.267. The highest BCUT2D eigenvalue weighted by Crippen LogP contribution is 2.27. The van der Waals surface area contributed by atoms with E-state index in [-0.39, 0.29) is 12.5 Å². The molecule has 1 amide bonds. The second-order valence-electron chi connectivity index (χ2n) is 4.53. The van der Waals surface area contributed by atoms with E-state index in [1.54, 1.807) is 18.2 Å². The first-order chi connectivity index (χ1) is 10.6. The number of aliphatic hydroxyl groups is 1. The number of nitrogens with one attached hydrogen (secondary N) is 1. The van der Waals surface area contributed by atoms with E-state index in [0.717, 1.165) is 4.88 Å². The number of rotatable bonds is 7. The first-order valence-corrected chi connectivity index (χ1v) is 8.26. The van der Waals surface area contributed by atoms with Crippen LogP contribution in [0, 0.1) is 0 Å². The topological polar surface area (TPSA) is 58.6 Å². The number of ether oxygens (including phenoxy) is 1. The molecule has 2 aromatic rings. The van der Waals surface area contributed by atoms with Gasteiger partial charge in [0.1, 0.15) is 5.75 Å². The molecule has 0 fully saturated rings. The summed E-state index contributed by atoms with van der Waals surface area (Å²) in [6.45, 7) is 0.228. The second kappa shape index (κ2) is 8.39. The molecule has 1 aromatic heterocycles. The number of thiophene rings is 1. The van der Waals surface area contributed by atoms with Crippen LogP contribution in [0.3, 0.4) is 0 Å². The summed E-state index contributed by atoms with van der Waals surface area (Å²) < 4.78 is 5.32. The molecule has 0 aliphatic carbocycles. The fourth-order valence-electron chi connectivity index (χ4n) is 1.76. The van der Waals surface area contributed by atoms with Gasteiger partial charge in [-0.25, -0.2) is 0 Å². The van der Waals surface area contributed by atoms with E-state index in [1.165, 1.54) is 11.3 Å². The molecule has 0 aliphatic rings. The van der Waals surface area contributed by atoms with Crippen molar-refractivity contribution in [2.24, 2.45) is 0 Å². The number of benzene rings is 1. The van der Waals surface area contributed by atoms with Gasteiger partial charge >= 0.3 is 0 Å². The predicted octanol–water partition coefficient (Wildman–Crippen LogP) is 3.67. The Morgan fingerprint density at radius 3 is 2.86 bits per heavy atom. The molecule has 0 unspecified atom stereocenters. The van der Waals surface area contributed by atoms with Crippen LogP contribution in [-0.2, 0) is 4.79 Å². The van der Waals surface area contributed by atoms with Gasteiger partial charge in [0.05, 0.1) is 11.1 Å². The Morgan fingerprint density at radius 1 is 1.36 bits per heavy atom. The molecule has 2 rings (SSSR count). The Bertz CT molecular complexity index is 619. The summed E-state index contributed by atoms with van der Waals surface area (Å²) in [6.07, 6.45) is -0.111. The Hall–Kier alpha value is -1.27. The maximum atomic E-state index is 11.7. The van der Waals surface area contributed by atoms with Gasteiger partial charge in [0.25, 0.3) is 5.91 Å². The average Bonchev–Trinajstić information content (AvgIpc) is 3.00. The molecule has 1 heterocycles. The minimum absolute atomic E-state index is 0.142. The van der Waals surface area contributed by atoms with E-state index in [9.17, 15) is 9.90 Å². The fourth-order valence-corrected chi connectivity index (χ4v) is 2.97. The number of halogens is 2. The van der Waals surface area contributed by atoms with Crippen molar-refractivity contribution in [2.75, 3.05) is 13.2 Å². The lowest BCUT2D eigenvalue weighted by Gasteiger charge is -2.11. The van der Waals surface area contributed by atoms with Crippen molar-refractivity contribution in [1.82, 2.24) is 5.32 Å². The normalized spacial score (nSPS) is 12.0. The van der Waals surface area contributed by atoms with Crippen LogP contribution in [0.2, 0.25) is 10.0 Å². The first kappa shape index (κ1) is 17.1. The molecule has 0 aliphatic heterocycles. The number of aliphatic hydroxyl groups excluding tert-OH is 1. The number of carbonyl (C=O) groups is 1. The third-order valence-electron chi connectivity index (χ3n) is 2.86. The van der Waals surface area contributed by atoms with Gasteiger partial charge in [-0.2, -0.15) is 0 Å². The molecule has 7 heteroatoms. The minimum Gasteiger partial charge on any atom is -0.482 e. The summed E-state index contributed by atoms with van der Waals surface area (Å²) in [7, 11) is 0. The zero-order valence-corrected chi connectivity index (χ0v) is 13.9. The van der Waals surface area contributed by atoms with E-state index >= 15 is 0 Å². The maximum absolute atomic E-state index is 11.7. The first-order valence-electron chi connectivity index (χ1n) is 6.62. The van der Waals surface area contributed by atoms with E-state index in [2.05, 4.69) is 5.32 Å². The summed E-state index contributed by atoms with van der Waals surface area (Å²) in [5, 5.41) is 15.3. The number of amides is 1. The van der Waals surface area contributed by atoms with Crippen molar-refractivity contribution in [3.05, 3.63) is 50.6 Å². The Kier molecular flexibility index (Phi) is 6.51. The lowest BCUT2D eigenvalue weighted by atomic mass is 10.2. The molecule has 0 saturated carbocycles. The maximum Gasteiger partial charge on any atom is 0.257 e. The molecule has 0 spiro atoms. The van der Waals surface area contributed by atoms with Crippen molar-refractivity contribution in [3.8, 4) is 5.75 Å². The largest absolute Gasteiger partial charge is 0.482 e. The van der Waals surface area contributed by atoms with Crippen LogP contribution >= 0.6 is 34.5 Å². The highest BCUT2D eigenvalue weighted by Gasteiger charge is 2.10. The lowest BCUT2D eigenvalue weighted by molar-refractivity contribution is -0.123. The quantitative estimate of drug-likeness (QED) is 0.792. The van der Waals surface area contributed by atoms with Crippen LogP contribution in [0.25, 0.3) is 0 Å². The molecule has 1 atom stereocenters. The molecule has 1 aromatic carbocycles. The summed E-state index contributed by atoms with van der Waals surface area (Å²) in [5.41, 5.74) is 0. The molecule has 4 nitrogen and oxygen atoms in total. The highest BCUT2D eigenvalue weighted by molar-refractivity contribution is 7.10. The van der Waals surface area contributed by atoms with Gasteiger partial charge in [0, 0.05) is 16.4 Å². The third kappa shape index (κ3) is 5.18. The predicted molar refractivity (Wildman–Crippen MR) is 88.9 cm³/mol. The molecule has 118 valence electrons. The Labute approximate surface area is 142 Å². The van der Waals surface area contributed by atoms with Crippen LogP contribution in [0.4, 0.5) is 0 Å². The van der Waals surface area contributed by atoms with E-state index < -0.39 is 6.10 Å². The summed E-state index contributed by atoms with van der Waals surface area (Å²) in [5.74, 6) is 0.129. The van der Waals surface area contributed by atoms with Gasteiger partial charge in [0.15, 0.2) is 6.61 Å². The van der Waals surface area contributed by atoms with E-state index in [1.807, 2.05) is 17.5 Å². The number of hydrogen-bond donors (Lipinski definition) is 2. The van der Waals surface area contributed by atoms with Crippen molar-refractivity contribution < 1.29 is 14.6 Å². The zero-order chi connectivity index (χ0) is 15.9. The summed E-state index contributed by atoms with van der Waals surface area (Å²) >= 11 is 13.2. The van der Waals surface area contributed by atoms with Crippen molar-refractivity contribution in [2.45, 2.75) is 12.5 Å². The minimum atomic E-state index is -0.563. The Balaban J connectivity index is 1.70. The molecule has 0 saturated heterocycles. The van der Waals surface area contributed by atoms with Crippen LogP contribution in [0.1, 0.15) is 17.4 Å². The second-order valence-corrected chi connectivity index (χ2v) is 6.36. The standard InChI is InChI=1S/C15H15Cl2NO3S/c16-10-3-4-13(11(17)8-10)21-9-15(20)18-6-5-12(19)14-2-1-7-22-14/h1-4,7-8,12,19H,5-6,9H2,(H,18,20)/t12-/m0/s1. The van der Waals surface area contributed by atoms with Crippen LogP contribution in [-0.4, -0.2) is 24.2 Å². The van der Waals surface area contributed by atoms with Gasteiger partial charge in [-0.15, -0.1) is 11.3 Å². The van der Waals surface area contributed by atoms with Gasteiger partial charge in [-0.1, -0.05) is 29.3 Å². The smallest absolute Gasteiger partial charge is 0.257 e. The van der Waals surface area contributed by atoms with Crippen molar-refractivity contribution >= 4 is 40.4 Å². The van der Waals surface area contributed by atoms with Crippen LogP contribution in [0.5, 0.6) is 5.75 Å². The van der Waals surface area contributed by atoms with Crippen molar-refractivity contribution in [1.29, 1.82) is 0 Å². The molecular weight excluding hydrogens is 345 g/mol. The molecule has 0 radical (unpaired) electrons. The summed E-state index contributed by atoms with van der Waals surface area (Å²) in [6, 6.07) is 8.54. The highest BCUT2D eigenvalue weighted by atomic mass is 35.5. The van der Waals surface area contributed by atoms with Gasteiger partial charge in [-0.05, 0) is 36.1 Å². The van der Waals surface area contributed by atoms with Crippen molar-refractivity contribution in [3.63, 3.8) is 0 Å². The summed E-state index contributed by atoms with van der Waals surface area (Å²) in [4.78, 5) is 12.6. The van der Waals surface area contributed by atoms with Gasteiger partial charge in [0.2, 0.25) is 0 Å². The molecular formula is C15H15Cl2NO3S. The molecule has 22 heavy (non-hydrogen) atoms. The third-order valence-corrected chi connectivity index (χ3v) is 4.37. The van der Waals surface area contributed by atoms with Crippen LogP contribution in [0.15, 0.2) is 35.7 Å². The lowest BCUT2D eigenvalue weighted by Crippen LogP contribution is -2.30. The molecule has 2 N–H and O–H groups in total. The van der Waals surface area contributed by atoms with Gasteiger partial charge in [-0.3, -0.25) is 4.79 Å². The SMILES string of the molecule is O=C(COc1ccc(Cl)cc1Cl)NCC[C@H](O)c1cccs1. The number of carbonyl (C=O) groups excluding carboxylic acids is 1. The van der Waals surface area contributed by atoms with E-state index in [0.29, 0.717) is 28.8 Å². The van der Waals surface area contributed by atoms with Gasteiger partial charge < -0.3 is 15.2 Å². The molecule has 0 bridgehead atoms. The van der Waals surface area contributed by atoms with Crippen LogP contribution < -0.4 is 10.1 Å². The monoisotopic (exact) mass is 359 g/mol.